The highest BCUT2D eigenvalue weighted by Crippen LogP contribution is 2.27. The summed E-state index contributed by atoms with van der Waals surface area (Å²) in [5.74, 6) is 7.85. The van der Waals surface area contributed by atoms with Crippen LogP contribution in [0.4, 0.5) is 0 Å². The van der Waals surface area contributed by atoms with E-state index in [2.05, 4.69) is 55.7 Å². The average molecular weight is 321 g/mol. The van der Waals surface area contributed by atoms with Gasteiger partial charge in [0.25, 0.3) is 0 Å². The highest BCUT2D eigenvalue weighted by molar-refractivity contribution is 5.39. The molecule has 1 fully saturated rings. The molecule has 0 radical (unpaired) electrons. The fourth-order valence-electron chi connectivity index (χ4n) is 2.69. The van der Waals surface area contributed by atoms with Crippen molar-refractivity contribution in [2.24, 2.45) is 0 Å². The van der Waals surface area contributed by atoms with E-state index in [1.807, 2.05) is 0 Å². The summed E-state index contributed by atoms with van der Waals surface area (Å²) in [7, 11) is 0. The summed E-state index contributed by atoms with van der Waals surface area (Å²) in [5, 5.41) is 0. The van der Waals surface area contributed by atoms with Crippen LogP contribution in [0.15, 0.2) is 18.2 Å². The Morgan fingerprint density at radius 3 is 2.55 bits per heavy atom. The van der Waals surface area contributed by atoms with Gasteiger partial charge in [0.2, 0.25) is 0 Å². The van der Waals surface area contributed by atoms with Gasteiger partial charge in [0.1, 0.15) is 12.4 Å². The van der Waals surface area contributed by atoms with Crippen LogP contribution in [0.5, 0.6) is 5.75 Å². The van der Waals surface area contributed by atoms with Gasteiger partial charge < -0.3 is 17.1 Å². The van der Waals surface area contributed by atoms with Crippen molar-refractivity contribution in [2.75, 3.05) is 26.2 Å². The van der Waals surface area contributed by atoms with Crippen LogP contribution in [0.3, 0.4) is 0 Å². The Hall–Kier alpha value is -1.17. The van der Waals surface area contributed by atoms with Crippen LogP contribution < -0.4 is 17.1 Å². The number of hydrogen-bond acceptors (Lipinski definition) is 2. The van der Waals surface area contributed by atoms with Crippen molar-refractivity contribution in [3.63, 3.8) is 0 Å². The van der Waals surface area contributed by atoms with Crippen molar-refractivity contribution in [1.82, 2.24) is 4.90 Å². The predicted octanol–water partition coefficient (Wildman–Crippen LogP) is 0.991. The fraction of sp³-hybridized carbons (Fsp3) is 0.579. The third-order valence-corrected chi connectivity index (χ3v) is 3.97. The van der Waals surface area contributed by atoms with Crippen LogP contribution in [0, 0.1) is 18.8 Å². The molecule has 1 saturated heterocycles. The molecule has 1 aromatic carbocycles. The standard InChI is InChI=1S/C19H27NO.ClH/c1-16(2)18-10-9-17(3)15-19(18)21-14-8-7-13-20-11-5-4-6-12-20;/h9-10,15-16H,4-6,11-14H2,1-3H3;1H/p-1. The molecule has 0 spiro atoms. The van der Waals surface area contributed by atoms with Gasteiger partial charge in [0.15, 0.2) is 0 Å². The summed E-state index contributed by atoms with van der Waals surface area (Å²) >= 11 is 0. The number of ether oxygens (including phenoxy) is 1. The first-order chi connectivity index (χ1) is 10.2. The van der Waals surface area contributed by atoms with E-state index in [4.69, 9.17) is 4.74 Å². The smallest absolute Gasteiger partial charge is 0.149 e. The van der Waals surface area contributed by atoms with Crippen molar-refractivity contribution in [3.8, 4) is 17.6 Å². The fourth-order valence-corrected chi connectivity index (χ4v) is 2.69. The first kappa shape index (κ1) is 18.9. The molecule has 1 aliphatic rings. The van der Waals surface area contributed by atoms with Gasteiger partial charge >= 0.3 is 0 Å². The Morgan fingerprint density at radius 1 is 1.14 bits per heavy atom. The van der Waals surface area contributed by atoms with Gasteiger partial charge in [-0.15, -0.1) is 0 Å². The number of hydrogen-bond donors (Lipinski definition) is 0. The van der Waals surface area contributed by atoms with Crippen molar-refractivity contribution in [1.29, 1.82) is 0 Å². The van der Waals surface area contributed by atoms with Crippen molar-refractivity contribution in [3.05, 3.63) is 29.3 Å². The maximum Gasteiger partial charge on any atom is 0.149 e. The maximum atomic E-state index is 5.88. The second-order valence-electron chi connectivity index (χ2n) is 6.18. The normalized spacial score (nSPS) is 14.9. The molecule has 0 bridgehead atoms. The van der Waals surface area contributed by atoms with Crippen LogP contribution in [0.2, 0.25) is 0 Å². The van der Waals surface area contributed by atoms with Gasteiger partial charge in [-0.1, -0.05) is 44.2 Å². The Labute approximate surface area is 141 Å². The Morgan fingerprint density at radius 2 is 1.86 bits per heavy atom. The molecule has 3 heteroatoms. The number of halogens is 1. The van der Waals surface area contributed by atoms with Crippen molar-refractivity contribution in [2.45, 2.75) is 46.0 Å². The van der Waals surface area contributed by atoms with Crippen LogP contribution in [-0.4, -0.2) is 31.1 Å². The topological polar surface area (TPSA) is 12.5 Å². The molecule has 0 aromatic heterocycles. The molecule has 0 amide bonds. The lowest BCUT2D eigenvalue weighted by Crippen LogP contribution is -3.00. The third kappa shape index (κ3) is 5.91. The van der Waals surface area contributed by atoms with Gasteiger partial charge in [-0.3, -0.25) is 4.90 Å². The number of benzene rings is 1. The van der Waals surface area contributed by atoms with E-state index in [0.717, 1.165) is 12.3 Å². The van der Waals surface area contributed by atoms with Gasteiger partial charge in [-0.25, -0.2) is 0 Å². The molecule has 0 N–H and O–H groups in total. The molecule has 1 heterocycles. The minimum Gasteiger partial charge on any atom is -1.00 e. The predicted molar refractivity (Wildman–Crippen MR) is 88.8 cm³/mol. The van der Waals surface area contributed by atoms with E-state index in [1.54, 1.807) is 0 Å². The third-order valence-electron chi connectivity index (χ3n) is 3.97. The zero-order chi connectivity index (χ0) is 15.1. The Kier molecular flexibility index (Phi) is 8.38. The lowest BCUT2D eigenvalue weighted by atomic mass is 10.0. The molecule has 0 saturated carbocycles. The van der Waals surface area contributed by atoms with Crippen LogP contribution >= 0.6 is 0 Å². The molecule has 0 unspecified atom stereocenters. The van der Waals surface area contributed by atoms with Crippen molar-refractivity contribution < 1.29 is 17.1 Å². The molecule has 2 nitrogen and oxygen atoms in total. The lowest BCUT2D eigenvalue weighted by Gasteiger charge is -2.23. The number of rotatable bonds is 4. The zero-order valence-corrected chi connectivity index (χ0v) is 14.7. The lowest BCUT2D eigenvalue weighted by molar-refractivity contribution is -0.00000498. The second kappa shape index (κ2) is 9.77. The second-order valence-corrected chi connectivity index (χ2v) is 6.18. The highest BCUT2D eigenvalue weighted by atomic mass is 35.5. The van der Waals surface area contributed by atoms with Gasteiger partial charge in [0, 0.05) is 0 Å². The minimum absolute atomic E-state index is 0. The molecule has 1 aromatic rings. The average Bonchev–Trinajstić information content (AvgIpc) is 2.48. The monoisotopic (exact) mass is 320 g/mol. The van der Waals surface area contributed by atoms with Crippen LogP contribution in [0.25, 0.3) is 0 Å². The van der Waals surface area contributed by atoms with E-state index in [-0.39, 0.29) is 12.4 Å². The van der Waals surface area contributed by atoms with Gasteiger partial charge in [0.05, 0.1) is 6.54 Å². The quantitative estimate of drug-likeness (QED) is 0.767. The first-order valence-corrected chi connectivity index (χ1v) is 8.08. The summed E-state index contributed by atoms with van der Waals surface area (Å²) in [6.45, 7) is 10.2. The molecule has 0 atom stereocenters. The van der Waals surface area contributed by atoms with Crippen molar-refractivity contribution >= 4 is 0 Å². The maximum absolute atomic E-state index is 5.88. The van der Waals surface area contributed by atoms with E-state index >= 15 is 0 Å². The Balaban J connectivity index is 0.00000242. The van der Waals surface area contributed by atoms with E-state index in [1.165, 1.54) is 43.5 Å². The van der Waals surface area contributed by atoms with Crippen LogP contribution in [-0.2, 0) is 0 Å². The molecule has 2 rings (SSSR count). The largest absolute Gasteiger partial charge is 1.00 e. The number of nitrogens with zero attached hydrogens (tertiary/aromatic N) is 1. The van der Waals surface area contributed by atoms with E-state index < -0.39 is 0 Å². The summed E-state index contributed by atoms with van der Waals surface area (Å²) < 4.78 is 5.88. The molecule has 1 aliphatic heterocycles. The molecule has 0 aliphatic carbocycles. The molecular weight excluding hydrogens is 294 g/mol. The van der Waals surface area contributed by atoms with E-state index in [0.29, 0.717) is 12.5 Å². The number of likely N-dealkylation sites (tertiary alicyclic amines) is 1. The Bertz CT molecular complexity index is 510. The van der Waals surface area contributed by atoms with E-state index in [9.17, 15) is 0 Å². The zero-order valence-electron chi connectivity index (χ0n) is 14.0. The highest BCUT2D eigenvalue weighted by Gasteiger charge is 2.08. The summed E-state index contributed by atoms with van der Waals surface area (Å²) in [6.07, 6.45) is 4.01. The summed E-state index contributed by atoms with van der Waals surface area (Å²) in [4.78, 5) is 2.43. The summed E-state index contributed by atoms with van der Waals surface area (Å²) in [5.41, 5.74) is 2.49. The molecule has 122 valence electrons. The molecular formula is C19H27ClNO-. The first-order valence-electron chi connectivity index (χ1n) is 8.08. The summed E-state index contributed by atoms with van der Waals surface area (Å²) in [6, 6.07) is 6.42. The number of aryl methyl sites for hydroxylation is 1. The van der Waals surface area contributed by atoms with Gasteiger partial charge in [-0.05, 0) is 56.0 Å². The molecule has 22 heavy (non-hydrogen) atoms. The number of piperidine rings is 1. The SMILES string of the molecule is Cc1ccc(C(C)C)c(OCC#CCN2CCCCC2)c1.[Cl-]. The minimum atomic E-state index is 0. The van der Waals surface area contributed by atoms with Crippen LogP contribution in [0.1, 0.15) is 50.2 Å². The van der Waals surface area contributed by atoms with Gasteiger partial charge in [-0.2, -0.15) is 0 Å².